The Morgan fingerprint density at radius 2 is 2.00 bits per heavy atom. The zero-order valence-electron chi connectivity index (χ0n) is 11.9. The van der Waals surface area contributed by atoms with E-state index in [1.807, 2.05) is 30.3 Å². The number of aromatic nitrogens is 1. The molecular weight excluding hydrogens is 280 g/mol. The summed E-state index contributed by atoms with van der Waals surface area (Å²) < 4.78 is 1.35. The molecule has 0 bridgehead atoms. The van der Waals surface area contributed by atoms with Crippen LogP contribution >= 0.6 is 0 Å². The van der Waals surface area contributed by atoms with E-state index in [0.717, 1.165) is 5.56 Å². The molecule has 1 atom stereocenters. The molecule has 0 aliphatic carbocycles. The molecule has 2 aromatic rings. The van der Waals surface area contributed by atoms with E-state index in [1.54, 1.807) is 12.3 Å². The number of carbonyl (C=O) groups excluding carboxylic acids is 1. The molecule has 0 saturated carbocycles. The van der Waals surface area contributed by atoms with Gasteiger partial charge in [-0.25, -0.2) is 0 Å². The molecular formula is C17H16N2O3. The maximum absolute atomic E-state index is 12.5. The number of nitrogens with one attached hydrogen (secondary N) is 1. The molecule has 2 rings (SSSR count). The van der Waals surface area contributed by atoms with Gasteiger partial charge in [0.2, 0.25) is 0 Å². The van der Waals surface area contributed by atoms with Crippen molar-refractivity contribution in [3.05, 3.63) is 70.1 Å². The van der Waals surface area contributed by atoms with Crippen LogP contribution in [0.3, 0.4) is 0 Å². The lowest BCUT2D eigenvalue weighted by atomic mass is 10.1. The standard InChI is InChI=1S/C17H16N2O3/c1-2-10-18-16(21)14-9-6-11-19(17(14)22)15(12-20)13-7-4-3-5-8-13/h1,3-9,11,15,20H,10,12H2,(H,18,21)/t15-/m0/s1. The quantitative estimate of drug-likeness (QED) is 0.802. The first-order valence-electron chi connectivity index (χ1n) is 6.77. The predicted octanol–water partition coefficient (Wildman–Crippen LogP) is 0.793. The third-order valence-electron chi connectivity index (χ3n) is 3.26. The van der Waals surface area contributed by atoms with Gasteiger partial charge in [-0.1, -0.05) is 36.3 Å². The Bertz CT molecular complexity index is 744. The van der Waals surface area contributed by atoms with Crippen LogP contribution in [0.2, 0.25) is 0 Å². The van der Waals surface area contributed by atoms with Crippen LogP contribution in [-0.2, 0) is 0 Å². The van der Waals surface area contributed by atoms with E-state index in [1.165, 1.54) is 10.6 Å². The van der Waals surface area contributed by atoms with Gasteiger partial charge in [-0.05, 0) is 17.7 Å². The Labute approximate surface area is 128 Å². The Morgan fingerprint density at radius 3 is 2.64 bits per heavy atom. The number of carbonyl (C=O) groups is 1. The molecule has 112 valence electrons. The first-order chi connectivity index (χ1) is 10.7. The third kappa shape index (κ3) is 3.25. The molecule has 5 nitrogen and oxygen atoms in total. The Kier molecular flexibility index (Phi) is 5.12. The number of rotatable bonds is 5. The van der Waals surface area contributed by atoms with Gasteiger partial charge in [0.05, 0.1) is 19.2 Å². The highest BCUT2D eigenvalue weighted by Crippen LogP contribution is 2.15. The van der Waals surface area contributed by atoms with E-state index in [9.17, 15) is 14.7 Å². The fourth-order valence-electron chi connectivity index (χ4n) is 2.18. The second-order valence-electron chi connectivity index (χ2n) is 4.63. The molecule has 0 fully saturated rings. The van der Waals surface area contributed by atoms with Crippen molar-refractivity contribution in [2.45, 2.75) is 6.04 Å². The Hall–Kier alpha value is -2.84. The summed E-state index contributed by atoms with van der Waals surface area (Å²) in [5, 5.41) is 12.1. The molecule has 5 heteroatoms. The number of hydrogen-bond donors (Lipinski definition) is 2. The van der Waals surface area contributed by atoms with Crippen molar-refractivity contribution in [3.8, 4) is 12.3 Å². The van der Waals surface area contributed by atoms with E-state index < -0.39 is 17.5 Å². The third-order valence-corrected chi connectivity index (χ3v) is 3.26. The summed E-state index contributed by atoms with van der Waals surface area (Å²) in [5.74, 6) is 1.76. The minimum Gasteiger partial charge on any atom is -0.394 e. The van der Waals surface area contributed by atoms with Crippen molar-refractivity contribution in [2.24, 2.45) is 0 Å². The molecule has 1 heterocycles. The lowest BCUT2D eigenvalue weighted by molar-refractivity contribution is 0.0956. The van der Waals surface area contributed by atoms with Crippen molar-refractivity contribution in [1.82, 2.24) is 9.88 Å². The molecule has 1 amide bonds. The molecule has 0 saturated heterocycles. The highest BCUT2D eigenvalue weighted by Gasteiger charge is 2.17. The zero-order valence-corrected chi connectivity index (χ0v) is 11.9. The van der Waals surface area contributed by atoms with E-state index in [4.69, 9.17) is 6.42 Å². The predicted molar refractivity (Wildman–Crippen MR) is 83.5 cm³/mol. The van der Waals surface area contributed by atoms with Gasteiger partial charge in [0.25, 0.3) is 11.5 Å². The minimum atomic E-state index is -0.547. The zero-order chi connectivity index (χ0) is 15.9. The van der Waals surface area contributed by atoms with E-state index in [0.29, 0.717) is 0 Å². The summed E-state index contributed by atoms with van der Waals surface area (Å²) in [4.78, 5) is 24.4. The molecule has 22 heavy (non-hydrogen) atoms. The second-order valence-corrected chi connectivity index (χ2v) is 4.63. The van der Waals surface area contributed by atoms with Gasteiger partial charge >= 0.3 is 0 Å². The van der Waals surface area contributed by atoms with Crippen molar-refractivity contribution in [3.63, 3.8) is 0 Å². The van der Waals surface area contributed by atoms with Crippen LogP contribution in [0.5, 0.6) is 0 Å². The molecule has 1 aromatic carbocycles. The van der Waals surface area contributed by atoms with Crippen LogP contribution in [0.4, 0.5) is 0 Å². The average molecular weight is 296 g/mol. The number of hydrogen-bond acceptors (Lipinski definition) is 3. The first-order valence-corrected chi connectivity index (χ1v) is 6.77. The van der Waals surface area contributed by atoms with Crippen LogP contribution in [0, 0.1) is 12.3 Å². The average Bonchev–Trinajstić information content (AvgIpc) is 2.56. The minimum absolute atomic E-state index is 0.00729. The number of amides is 1. The van der Waals surface area contributed by atoms with E-state index >= 15 is 0 Å². The van der Waals surface area contributed by atoms with Crippen molar-refractivity contribution in [1.29, 1.82) is 0 Å². The smallest absolute Gasteiger partial charge is 0.264 e. The van der Waals surface area contributed by atoms with Gasteiger partial charge in [-0.3, -0.25) is 9.59 Å². The fourth-order valence-corrected chi connectivity index (χ4v) is 2.18. The van der Waals surface area contributed by atoms with Gasteiger partial charge in [0.1, 0.15) is 5.56 Å². The maximum Gasteiger partial charge on any atom is 0.264 e. The van der Waals surface area contributed by atoms with Crippen molar-refractivity contribution in [2.75, 3.05) is 13.2 Å². The van der Waals surface area contributed by atoms with Crippen LogP contribution in [0.1, 0.15) is 22.0 Å². The van der Waals surface area contributed by atoms with Crippen LogP contribution < -0.4 is 10.9 Å². The normalized spacial score (nSPS) is 11.5. The second kappa shape index (κ2) is 7.25. The number of terminal acetylenes is 1. The highest BCUT2D eigenvalue weighted by atomic mass is 16.3. The maximum atomic E-state index is 12.5. The molecule has 0 aliphatic heterocycles. The SMILES string of the molecule is C#CCNC(=O)c1cccn([C@@H](CO)c2ccccc2)c1=O. The monoisotopic (exact) mass is 296 g/mol. The lowest BCUT2D eigenvalue weighted by Crippen LogP contribution is -2.35. The van der Waals surface area contributed by atoms with Crippen LogP contribution in [0.15, 0.2) is 53.5 Å². The molecule has 0 spiro atoms. The largest absolute Gasteiger partial charge is 0.394 e. The van der Waals surface area contributed by atoms with Crippen molar-refractivity contribution < 1.29 is 9.90 Å². The highest BCUT2D eigenvalue weighted by molar-refractivity contribution is 5.93. The van der Waals surface area contributed by atoms with Crippen molar-refractivity contribution >= 4 is 5.91 Å². The summed E-state index contributed by atoms with van der Waals surface area (Å²) in [6.45, 7) is -0.200. The summed E-state index contributed by atoms with van der Waals surface area (Å²) in [6, 6.07) is 11.6. The topological polar surface area (TPSA) is 71.3 Å². The van der Waals surface area contributed by atoms with E-state index in [-0.39, 0.29) is 18.7 Å². The molecule has 0 unspecified atom stereocenters. The van der Waals surface area contributed by atoms with Gasteiger partial charge < -0.3 is 15.0 Å². The summed E-state index contributed by atoms with van der Waals surface area (Å²) in [5.41, 5.74) is 0.306. The lowest BCUT2D eigenvalue weighted by Gasteiger charge is -2.18. The van der Waals surface area contributed by atoms with Gasteiger partial charge in [-0.2, -0.15) is 0 Å². The van der Waals surface area contributed by atoms with Crippen LogP contribution in [0.25, 0.3) is 0 Å². The van der Waals surface area contributed by atoms with Gasteiger partial charge in [0.15, 0.2) is 0 Å². The first kappa shape index (κ1) is 15.5. The summed E-state index contributed by atoms with van der Waals surface area (Å²) in [7, 11) is 0. The molecule has 2 N–H and O–H groups in total. The number of aliphatic hydroxyl groups excluding tert-OH is 1. The molecule has 1 aromatic heterocycles. The summed E-state index contributed by atoms with van der Waals surface area (Å²) >= 11 is 0. The fraction of sp³-hybridized carbons (Fsp3) is 0.176. The number of benzene rings is 1. The van der Waals surface area contributed by atoms with Crippen LogP contribution in [-0.4, -0.2) is 28.7 Å². The van der Waals surface area contributed by atoms with Gasteiger partial charge in [-0.15, -0.1) is 6.42 Å². The molecule has 0 radical (unpaired) electrons. The van der Waals surface area contributed by atoms with Gasteiger partial charge in [0, 0.05) is 6.20 Å². The Morgan fingerprint density at radius 1 is 1.27 bits per heavy atom. The van der Waals surface area contributed by atoms with E-state index in [2.05, 4.69) is 11.2 Å². The Balaban J connectivity index is 2.42. The number of aliphatic hydroxyl groups is 1. The summed E-state index contributed by atoms with van der Waals surface area (Å²) in [6.07, 6.45) is 6.64. The number of nitrogens with zero attached hydrogens (tertiary/aromatic N) is 1. The number of pyridine rings is 1. The molecule has 0 aliphatic rings.